The first-order chi connectivity index (χ1) is 6.34. The van der Waals surface area contributed by atoms with Gasteiger partial charge in [-0.15, -0.1) is 6.42 Å². The number of hydrogen-bond donors (Lipinski definition) is 1. The quantitative estimate of drug-likeness (QED) is 0.521. The van der Waals surface area contributed by atoms with Crippen LogP contribution in [0.3, 0.4) is 0 Å². The molecule has 0 aliphatic heterocycles. The SMILES string of the molecule is C#CCNCC(=O)C1CCCCC1. The summed E-state index contributed by atoms with van der Waals surface area (Å²) in [6, 6.07) is 0. The van der Waals surface area contributed by atoms with Crippen molar-refractivity contribution in [3.8, 4) is 12.3 Å². The Morgan fingerprint density at radius 1 is 1.38 bits per heavy atom. The maximum atomic E-state index is 11.5. The first kappa shape index (κ1) is 10.3. The van der Waals surface area contributed by atoms with Crippen LogP contribution in [-0.2, 0) is 4.79 Å². The Bertz CT molecular complexity index is 199. The molecule has 0 unspecified atom stereocenters. The molecule has 1 fully saturated rings. The van der Waals surface area contributed by atoms with Crippen molar-refractivity contribution in [1.82, 2.24) is 5.32 Å². The van der Waals surface area contributed by atoms with Gasteiger partial charge < -0.3 is 0 Å². The molecule has 0 aromatic heterocycles. The highest BCUT2D eigenvalue weighted by Gasteiger charge is 2.19. The topological polar surface area (TPSA) is 29.1 Å². The third-order valence-electron chi connectivity index (χ3n) is 2.59. The van der Waals surface area contributed by atoms with Gasteiger partial charge >= 0.3 is 0 Å². The molecule has 72 valence electrons. The van der Waals surface area contributed by atoms with Crippen molar-refractivity contribution in [1.29, 1.82) is 0 Å². The lowest BCUT2D eigenvalue weighted by Crippen LogP contribution is -2.29. The van der Waals surface area contributed by atoms with Crippen molar-refractivity contribution >= 4 is 5.78 Å². The predicted molar refractivity (Wildman–Crippen MR) is 53.3 cm³/mol. The lowest BCUT2D eigenvalue weighted by molar-refractivity contribution is -0.122. The van der Waals surface area contributed by atoms with Gasteiger partial charge in [-0.25, -0.2) is 0 Å². The second-order valence-electron chi connectivity index (χ2n) is 3.61. The van der Waals surface area contributed by atoms with Crippen LogP contribution in [0.5, 0.6) is 0 Å². The summed E-state index contributed by atoms with van der Waals surface area (Å²) in [5, 5.41) is 2.95. The summed E-state index contributed by atoms with van der Waals surface area (Å²) in [6.45, 7) is 0.952. The van der Waals surface area contributed by atoms with Gasteiger partial charge in [0, 0.05) is 5.92 Å². The molecule has 1 aliphatic carbocycles. The van der Waals surface area contributed by atoms with Gasteiger partial charge in [0.05, 0.1) is 13.1 Å². The van der Waals surface area contributed by atoms with E-state index in [-0.39, 0.29) is 0 Å². The average molecular weight is 179 g/mol. The molecule has 1 N–H and O–H groups in total. The zero-order valence-corrected chi connectivity index (χ0v) is 8.01. The highest BCUT2D eigenvalue weighted by atomic mass is 16.1. The minimum absolute atomic E-state index is 0.305. The first-order valence-corrected chi connectivity index (χ1v) is 5.01. The Kier molecular flexibility index (Phi) is 4.56. The highest BCUT2D eigenvalue weighted by molar-refractivity contribution is 5.83. The Morgan fingerprint density at radius 3 is 2.69 bits per heavy atom. The number of hydrogen-bond acceptors (Lipinski definition) is 2. The number of carbonyl (C=O) groups is 1. The fraction of sp³-hybridized carbons (Fsp3) is 0.727. The van der Waals surface area contributed by atoms with E-state index in [1.54, 1.807) is 0 Å². The van der Waals surface area contributed by atoms with Crippen LogP contribution in [0.4, 0.5) is 0 Å². The van der Waals surface area contributed by atoms with E-state index in [9.17, 15) is 4.79 Å². The molecule has 0 aromatic carbocycles. The van der Waals surface area contributed by atoms with E-state index in [2.05, 4.69) is 11.2 Å². The third kappa shape index (κ3) is 3.61. The Hall–Kier alpha value is -0.810. The van der Waals surface area contributed by atoms with Gasteiger partial charge in [0.2, 0.25) is 0 Å². The minimum Gasteiger partial charge on any atom is -0.299 e. The van der Waals surface area contributed by atoms with Crippen LogP contribution in [0, 0.1) is 18.3 Å². The fourth-order valence-electron chi connectivity index (χ4n) is 1.83. The monoisotopic (exact) mass is 179 g/mol. The van der Waals surface area contributed by atoms with E-state index < -0.39 is 0 Å². The molecule has 2 heteroatoms. The van der Waals surface area contributed by atoms with E-state index in [0.29, 0.717) is 24.8 Å². The molecular formula is C11H17NO. The molecule has 1 saturated carbocycles. The standard InChI is InChI=1S/C11H17NO/c1-2-8-12-9-11(13)10-6-4-3-5-7-10/h1,10,12H,3-9H2. The summed E-state index contributed by atoms with van der Waals surface area (Å²) >= 11 is 0. The average Bonchev–Trinajstić information content (AvgIpc) is 2.19. The molecule has 1 aliphatic rings. The maximum Gasteiger partial charge on any atom is 0.149 e. The molecule has 0 heterocycles. The Morgan fingerprint density at radius 2 is 2.08 bits per heavy atom. The molecule has 0 radical (unpaired) electrons. The molecule has 0 aromatic rings. The van der Waals surface area contributed by atoms with Gasteiger partial charge in [0.25, 0.3) is 0 Å². The lowest BCUT2D eigenvalue weighted by atomic mass is 9.86. The van der Waals surface area contributed by atoms with Crippen LogP contribution in [-0.4, -0.2) is 18.9 Å². The van der Waals surface area contributed by atoms with Crippen LogP contribution in [0.15, 0.2) is 0 Å². The summed E-state index contributed by atoms with van der Waals surface area (Å²) in [7, 11) is 0. The van der Waals surface area contributed by atoms with Crippen molar-refractivity contribution in [3.05, 3.63) is 0 Å². The van der Waals surface area contributed by atoms with Crippen LogP contribution in [0.25, 0.3) is 0 Å². The van der Waals surface area contributed by atoms with Crippen molar-refractivity contribution < 1.29 is 4.79 Å². The molecule has 0 bridgehead atoms. The first-order valence-electron chi connectivity index (χ1n) is 5.01. The predicted octanol–water partition coefficient (Wildman–Crippen LogP) is 1.36. The number of rotatable bonds is 4. The number of Topliss-reactive ketones (excluding diaryl/α,β-unsaturated/α-hetero) is 1. The maximum absolute atomic E-state index is 11.5. The third-order valence-corrected chi connectivity index (χ3v) is 2.59. The van der Waals surface area contributed by atoms with Crippen LogP contribution < -0.4 is 5.32 Å². The van der Waals surface area contributed by atoms with E-state index in [1.165, 1.54) is 19.3 Å². The van der Waals surface area contributed by atoms with Crippen LogP contribution in [0.1, 0.15) is 32.1 Å². The van der Waals surface area contributed by atoms with Crippen molar-refractivity contribution in [2.45, 2.75) is 32.1 Å². The molecule has 0 amide bonds. The lowest BCUT2D eigenvalue weighted by Gasteiger charge is -2.20. The van der Waals surface area contributed by atoms with Crippen molar-refractivity contribution in [2.24, 2.45) is 5.92 Å². The summed E-state index contributed by atoms with van der Waals surface area (Å²) in [4.78, 5) is 11.5. The number of terminal acetylenes is 1. The largest absolute Gasteiger partial charge is 0.299 e. The van der Waals surface area contributed by atoms with Crippen molar-refractivity contribution in [3.63, 3.8) is 0 Å². The molecular weight excluding hydrogens is 162 g/mol. The van der Waals surface area contributed by atoms with E-state index in [0.717, 1.165) is 12.8 Å². The van der Waals surface area contributed by atoms with Gasteiger partial charge in [-0.1, -0.05) is 25.2 Å². The molecule has 0 spiro atoms. The van der Waals surface area contributed by atoms with Gasteiger partial charge in [-0.2, -0.15) is 0 Å². The minimum atomic E-state index is 0.305. The van der Waals surface area contributed by atoms with E-state index in [4.69, 9.17) is 6.42 Å². The van der Waals surface area contributed by atoms with Crippen molar-refractivity contribution in [2.75, 3.05) is 13.1 Å². The second-order valence-corrected chi connectivity index (χ2v) is 3.61. The van der Waals surface area contributed by atoms with Gasteiger partial charge in [0.1, 0.15) is 5.78 Å². The van der Waals surface area contributed by atoms with Gasteiger partial charge in [0.15, 0.2) is 0 Å². The smallest absolute Gasteiger partial charge is 0.149 e. The molecule has 13 heavy (non-hydrogen) atoms. The molecule has 1 rings (SSSR count). The number of nitrogens with one attached hydrogen (secondary N) is 1. The van der Waals surface area contributed by atoms with E-state index in [1.807, 2.05) is 0 Å². The summed E-state index contributed by atoms with van der Waals surface area (Å²) < 4.78 is 0. The normalized spacial score (nSPS) is 18.1. The number of carbonyl (C=O) groups excluding carboxylic acids is 1. The fourth-order valence-corrected chi connectivity index (χ4v) is 1.83. The van der Waals surface area contributed by atoms with Crippen LogP contribution in [0.2, 0.25) is 0 Å². The highest BCUT2D eigenvalue weighted by Crippen LogP contribution is 2.23. The van der Waals surface area contributed by atoms with Gasteiger partial charge in [-0.3, -0.25) is 10.1 Å². The zero-order valence-electron chi connectivity index (χ0n) is 8.01. The Balaban J connectivity index is 2.18. The Labute approximate surface area is 80.1 Å². The van der Waals surface area contributed by atoms with Crippen LogP contribution >= 0.6 is 0 Å². The van der Waals surface area contributed by atoms with E-state index >= 15 is 0 Å². The number of ketones is 1. The summed E-state index contributed by atoms with van der Waals surface area (Å²) in [6.07, 6.45) is 11.0. The summed E-state index contributed by atoms with van der Waals surface area (Å²) in [5.41, 5.74) is 0. The molecule has 2 nitrogen and oxygen atoms in total. The molecule has 0 atom stereocenters. The summed E-state index contributed by atoms with van der Waals surface area (Å²) in [5.74, 6) is 3.11. The zero-order chi connectivity index (χ0) is 9.52. The second kappa shape index (κ2) is 5.77. The molecule has 0 saturated heterocycles. The van der Waals surface area contributed by atoms with Gasteiger partial charge in [-0.05, 0) is 12.8 Å².